The zero-order valence-electron chi connectivity index (χ0n) is 11.3. The quantitative estimate of drug-likeness (QED) is 0.833. The summed E-state index contributed by atoms with van der Waals surface area (Å²) in [6.45, 7) is 2.35. The summed E-state index contributed by atoms with van der Waals surface area (Å²) >= 11 is 7.06. The van der Waals surface area contributed by atoms with E-state index in [0.717, 1.165) is 32.5 Å². The van der Waals surface area contributed by atoms with Crippen LogP contribution in [-0.2, 0) is 20.1 Å². The summed E-state index contributed by atoms with van der Waals surface area (Å²) in [6.07, 6.45) is 2.33. The highest BCUT2D eigenvalue weighted by Gasteiger charge is 2.11. The summed E-state index contributed by atoms with van der Waals surface area (Å²) in [7, 11) is 1.83. The number of aromatic nitrogens is 3. The summed E-state index contributed by atoms with van der Waals surface area (Å²) in [4.78, 5) is 4.13. The molecule has 5 nitrogen and oxygen atoms in total. The van der Waals surface area contributed by atoms with Crippen molar-refractivity contribution >= 4 is 31.9 Å². The van der Waals surface area contributed by atoms with Gasteiger partial charge in [0, 0.05) is 13.1 Å². The molecule has 20 heavy (non-hydrogen) atoms. The van der Waals surface area contributed by atoms with Crippen molar-refractivity contribution in [2.24, 2.45) is 12.8 Å². The predicted octanol–water partition coefficient (Wildman–Crippen LogP) is 2.81. The van der Waals surface area contributed by atoms with E-state index in [1.807, 2.05) is 26.1 Å². The summed E-state index contributed by atoms with van der Waals surface area (Å²) < 4.78 is 9.28. The normalized spacial score (nSPS) is 12.4. The third kappa shape index (κ3) is 3.80. The highest BCUT2D eigenvalue weighted by Crippen LogP contribution is 2.35. The molecule has 0 aliphatic heterocycles. The van der Waals surface area contributed by atoms with Crippen molar-refractivity contribution in [1.82, 2.24) is 14.8 Å². The topological polar surface area (TPSA) is 66.0 Å². The lowest BCUT2D eigenvalue weighted by Gasteiger charge is -2.13. The molecule has 1 unspecified atom stereocenters. The standard InChI is InChI=1S/C13H16Br2N4O/c1-8(16)3-9-4-10(14)13(11(15)5-9)20-6-12-17-7-18-19(12)2/h4-5,7-8H,3,6,16H2,1-2H3. The molecule has 0 radical (unpaired) electrons. The third-order valence-electron chi connectivity index (χ3n) is 2.77. The van der Waals surface area contributed by atoms with Crippen molar-refractivity contribution in [3.8, 4) is 5.75 Å². The molecule has 0 aliphatic carbocycles. The molecule has 108 valence electrons. The predicted molar refractivity (Wildman–Crippen MR) is 84.5 cm³/mol. The van der Waals surface area contributed by atoms with Crippen LogP contribution in [0.1, 0.15) is 18.3 Å². The van der Waals surface area contributed by atoms with E-state index < -0.39 is 0 Å². The molecular weight excluding hydrogens is 388 g/mol. The van der Waals surface area contributed by atoms with E-state index in [1.165, 1.54) is 6.33 Å². The number of hydrogen-bond donors (Lipinski definition) is 1. The second-order valence-corrected chi connectivity index (χ2v) is 6.37. The first kappa shape index (κ1) is 15.5. The molecule has 1 aromatic carbocycles. The van der Waals surface area contributed by atoms with Crippen LogP contribution < -0.4 is 10.5 Å². The molecule has 2 N–H and O–H groups in total. The number of hydrogen-bond acceptors (Lipinski definition) is 4. The Kier molecular flexibility index (Phi) is 5.17. The maximum absolute atomic E-state index is 5.82. The van der Waals surface area contributed by atoms with Crippen LogP contribution in [0.3, 0.4) is 0 Å². The Morgan fingerprint density at radius 2 is 2.00 bits per heavy atom. The van der Waals surface area contributed by atoms with Crippen molar-refractivity contribution < 1.29 is 4.74 Å². The average molecular weight is 404 g/mol. The molecular formula is C13H16Br2N4O. The van der Waals surface area contributed by atoms with Gasteiger partial charge in [0.2, 0.25) is 0 Å². The fraction of sp³-hybridized carbons (Fsp3) is 0.385. The molecule has 0 saturated carbocycles. The smallest absolute Gasteiger partial charge is 0.164 e. The molecule has 1 heterocycles. The van der Waals surface area contributed by atoms with Crippen LogP contribution in [0.2, 0.25) is 0 Å². The van der Waals surface area contributed by atoms with E-state index in [0.29, 0.717) is 6.61 Å². The second kappa shape index (κ2) is 6.69. The van der Waals surface area contributed by atoms with Crippen molar-refractivity contribution in [3.05, 3.63) is 38.8 Å². The molecule has 0 spiro atoms. The van der Waals surface area contributed by atoms with Crippen molar-refractivity contribution in [1.29, 1.82) is 0 Å². The Balaban J connectivity index is 2.14. The van der Waals surface area contributed by atoms with Gasteiger partial charge in [0.15, 0.2) is 5.82 Å². The highest BCUT2D eigenvalue weighted by atomic mass is 79.9. The molecule has 1 aromatic heterocycles. The highest BCUT2D eigenvalue weighted by molar-refractivity contribution is 9.11. The number of ether oxygens (including phenoxy) is 1. The fourth-order valence-electron chi connectivity index (χ4n) is 1.83. The summed E-state index contributed by atoms with van der Waals surface area (Å²) in [5.74, 6) is 1.52. The van der Waals surface area contributed by atoms with Crippen LogP contribution in [0, 0.1) is 0 Å². The fourth-order valence-corrected chi connectivity index (χ4v) is 3.34. The SMILES string of the molecule is CC(N)Cc1cc(Br)c(OCc2ncnn2C)c(Br)c1. The van der Waals surface area contributed by atoms with Crippen LogP contribution in [0.25, 0.3) is 0 Å². The first-order chi connectivity index (χ1) is 9.47. The van der Waals surface area contributed by atoms with E-state index in [4.69, 9.17) is 10.5 Å². The van der Waals surface area contributed by atoms with Gasteiger partial charge in [-0.15, -0.1) is 0 Å². The van der Waals surface area contributed by atoms with E-state index >= 15 is 0 Å². The van der Waals surface area contributed by atoms with Gasteiger partial charge >= 0.3 is 0 Å². The lowest BCUT2D eigenvalue weighted by Crippen LogP contribution is -2.17. The van der Waals surface area contributed by atoms with Crippen LogP contribution in [-0.4, -0.2) is 20.8 Å². The molecule has 1 atom stereocenters. The Hall–Kier alpha value is -0.920. The Labute approximate surface area is 134 Å². The summed E-state index contributed by atoms with van der Waals surface area (Å²) in [5, 5.41) is 4.01. The van der Waals surface area contributed by atoms with Gasteiger partial charge < -0.3 is 10.5 Å². The Morgan fingerprint density at radius 1 is 1.35 bits per heavy atom. The van der Waals surface area contributed by atoms with E-state index in [9.17, 15) is 0 Å². The molecule has 7 heteroatoms. The number of benzene rings is 1. The first-order valence-corrected chi connectivity index (χ1v) is 7.75. The van der Waals surface area contributed by atoms with Gasteiger partial charge in [-0.25, -0.2) is 4.98 Å². The number of nitrogens with zero attached hydrogens (tertiary/aromatic N) is 3. The number of aryl methyl sites for hydroxylation is 1. The monoisotopic (exact) mass is 402 g/mol. The van der Waals surface area contributed by atoms with Crippen LogP contribution in [0.4, 0.5) is 0 Å². The minimum Gasteiger partial charge on any atom is -0.483 e. The average Bonchev–Trinajstić information content (AvgIpc) is 2.73. The number of nitrogens with two attached hydrogens (primary N) is 1. The molecule has 0 aliphatic rings. The molecule has 2 aromatic rings. The lowest BCUT2D eigenvalue weighted by atomic mass is 10.1. The van der Waals surface area contributed by atoms with Gasteiger partial charge in [0.25, 0.3) is 0 Å². The maximum Gasteiger partial charge on any atom is 0.164 e. The summed E-state index contributed by atoms with van der Waals surface area (Å²) in [5.41, 5.74) is 6.98. The molecule has 0 saturated heterocycles. The van der Waals surface area contributed by atoms with Crippen LogP contribution in [0.15, 0.2) is 27.4 Å². The van der Waals surface area contributed by atoms with E-state index in [1.54, 1.807) is 4.68 Å². The van der Waals surface area contributed by atoms with Crippen LogP contribution in [0.5, 0.6) is 5.75 Å². The van der Waals surface area contributed by atoms with Crippen LogP contribution >= 0.6 is 31.9 Å². The maximum atomic E-state index is 5.82. The molecule has 0 amide bonds. The van der Waals surface area contributed by atoms with Gasteiger partial charge in [-0.05, 0) is 62.9 Å². The van der Waals surface area contributed by atoms with E-state index in [-0.39, 0.29) is 6.04 Å². The Morgan fingerprint density at radius 3 is 2.50 bits per heavy atom. The van der Waals surface area contributed by atoms with Crippen molar-refractivity contribution in [2.75, 3.05) is 0 Å². The largest absolute Gasteiger partial charge is 0.483 e. The number of halogens is 2. The van der Waals surface area contributed by atoms with Gasteiger partial charge in [-0.3, -0.25) is 4.68 Å². The summed E-state index contributed by atoms with van der Waals surface area (Å²) in [6, 6.07) is 4.18. The third-order valence-corrected chi connectivity index (χ3v) is 3.94. The Bertz CT molecular complexity index is 575. The molecule has 0 bridgehead atoms. The lowest BCUT2D eigenvalue weighted by molar-refractivity contribution is 0.286. The van der Waals surface area contributed by atoms with Gasteiger partial charge in [-0.2, -0.15) is 5.10 Å². The van der Waals surface area contributed by atoms with Gasteiger partial charge in [0.05, 0.1) is 8.95 Å². The number of rotatable bonds is 5. The van der Waals surface area contributed by atoms with Crippen molar-refractivity contribution in [3.63, 3.8) is 0 Å². The molecule has 2 rings (SSSR count). The minimum absolute atomic E-state index is 0.124. The van der Waals surface area contributed by atoms with Crippen molar-refractivity contribution in [2.45, 2.75) is 26.0 Å². The second-order valence-electron chi connectivity index (χ2n) is 4.66. The zero-order chi connectivity index (χ0) is 14.7. The van der Waals surface area contributed by atoms with Gasteiger partial charge in [0.1, 0.15) is 18.7 Å². The minimum atomic E-state index is 0.124. The van der Waals surface area contributed by atoms with E-state index in [2.05, 4.69) is 41.9 Å². The van der Waals surface area contributed by atoms with Gasteiger partial charge in [-0.1, -0.05) is 0 Å². The first-order valence-electron chi connectivity index (χ1n) is 6.16. The zero-order valence-corrected chi connectivity index (χ0v) is 14.5. The molecule has 0 fully saturated rings.